The van der Waals surface area contributed by atoms with Gasteiger partial charge in [-0.1, -0.05) is 45.2 Å². The molecule has 8 nitrogen and oxygen atoms in total. The van der Waals surface area contributed by atoms with Gasteiger partial charge < -0.3 is 15.2 Å². The Bertz CT molecular complexity index is 927. The van der Waals surface area contributed by atoms with Crippen LogP contribution in [0.4, 0.5) is 0 Å². The molecule has 2 aliphatic rings. The molecule has 1 aliphatic carbocycles. The molecule has 0 spiro atoms. The van der Waals surface area contributed by atoms with E-state index in [2.05, 4.69) is 46.7 Å². The third-order valence-electron chi connectivity index (χ3n) is 5.59. The van der Waals surface area contributed by atoms with Crippen LogP contribution in [0.5, 0.6) is 0 Å². The normalized spacial score (nSPS) is 23.3. The summed E-state index contributed by atoms with van der Waals surface area (Å²) in [6, 6.07) is 2.30. The van der Waals surface area contributed by atoms with E-state index in [9.17, 15) is 0 Å². The third kappa shape index (κ3) is 4.07. The number of hydrogen-bond acceptors (Lipinski definition) is 7. The molecule has 0 aromatic carbocycles. The number of rotatable bonds is 4. The average molecular weight is 398 g/mol. The van der Waals surface area contributed by atoms with Crippen LogP contribution in [0.25, 0.3) is 5.57 Å². The molecule has 8 heteroatoms. The highest BCUT2D eigenvalue weighted by Crippen LogP contribution is 2.30. The molecule has 0 amide bonds. The van der Waals surface area contributed by atoms with Crippen LogP contribution in [0.3, 0.4) is 0 Å². The third-order valence-corrected chi connectivity index (χ3v) is 5.59. The van der Waals surface area contributed by atoms with Crippen molar-refractivity contribution in [3.8, 4) is 0 Å². The Hall–Kier alpha value is -2.61. The fraction of sp³-hybridized carbons (Fsp3) is 0.571. The van der Waals surface area contributed by atoms with Crippen molar-refractivity contribution in [3.63, 3.8) is 0 Å². The molecule has 1 unspecified atom stereocenters. The maximum atomic E-state index is 6.65. The summed E-state index contributed by atoms with van der Waals surface area (Å²) in [5, 5.41) is 15.6. The molecule has 4 rings (SSSR count). The Labute approximate surface area is 171 Å². The number of allylic oxidation sites excluding steroid dienone is 1. The number of hydrogen-bond donors (Lipinski definition) is 3. The van der Waals surface area contributed by atoms with E-state index in [1.807, 2.05) is 31.7 Å². The molecule has 0 radical (unpaired) electrons. The first-order valence-electron chi connectivity index (χ1n) is 10.3. The molecule has 3 heterocycles. The number of aliphatic imine (C=N–C) groups is 1. The van der Waals surface area contributed by atoms with Crippen molar-refractivity contribution in [1.82, 2.24) is 25.6 Å². The van der Waals surface area contributed by atoms with Crippen molar-refractivity contribution >= 4 is 11.8 Å². The van der Waals surface area contributed by atoms with Crippen LogP contribution in [-0.2, 0) is 18.2 Å². The number of nitrogens with two attached hydrogens (primary N) is 1. The maximum Gasteiger partial charge on any atom is 0.231 e. The van der Waals surface area contributed by atoms with Gasteiger partial charge in [0.1, 0.15) is 17.3 Å². The zero-order valence-corrected chi connectivity index (χ0v) is 17.7. The molecule has 1 saturated carbocycles. The van der Waals surface area contributed by atoms with Crippen molar-refractivity contribution in [2.75, 3.05) is 0 Å². The van der Waals surface area contributed by atoms with Gasteiger partial charge in [0.2, 0.25) is 5.79 Å². The van der Waals surface area contributed by atoms with Crippen LogP contribution in [-0.4, -0.2) is 27.2 Å². The lowest BCUT2D eigenvalue weighted by Gasteiger charge is -2.34. The SMILES string of the molecule is Cn1cc(C2=C(NC3CCCCC3)NC(N)(c3cc(C(C)(C)C)on3)N=C2)cn1. The monoisotopic (exact) mass is 397 g/mol. The van der Waals surface area contributed by atoms with E-state index in [1.54, 1.807) is 4.68 Å². The number of nitrogens with zero attached hydrogens (tertiary/aromatic N) is 4. The fourth-order valence-electron chi connectivity index (χ4n) is 3.80. The second kappa shape index (κ2) is 7.33. The van der Waals surface area contributed by atoms with Crippen LogP contribution in [0.2, 0.25) is 0 Å². The molecule has 29 heavy (non-hydrogen) atoms. The number of nitrogens with one attached hydrogen (secondary N) is 2. The average Bonchev–Trinajstić information content (AvgIpc) is 3.32. The van der Waals surface area contributed by atoms with Gasteiger partial charge in [-0.15, -0.1) is 0 Å². The number of aromatic nitrogens is 3. The predicted octanol–water partition coefficient (Wildman–Crippen LogP) is 2.74. The first-order chi connectivity index (χ1) is 13.7. The highest BCUT2D eigenvalue weighted by Gasteiger charge is 2.36. The van der Waals surface area contributed by atoms with Crippen molar-refractivity contribution in [1.29, 1.82) is 0 Å². The maximum absolute atomic E-state index is 6.65. The van der Waals surface area contributed by atoms with Gasteiger partial charge in [0.15, 0.2) is 0 Å². The van der Waals surface area contributed by atoms with E-state index in [0.717, 1.165) is 35.6 Å². The molecular weight excluding hydrogens is 366 g/mol. The zero-order valence-electron chi connectivity index (χ0n) is 17.7. The van der Waals surface area contributed by atoms with E-state index < -0.39 is 5.79 Å². The summed E-state index contributed by atoms with van der Waals surface area (Å²) in [5.74, 6) is 0.455. The van der Waals surface area contributed by atoms with Gasteiger partial charge >= 0.3 is 0 Å². The summed E-state index contributed by atoms with van der Waals surface area (Å²) in [6.07, 6.45) is 11.7. The van der Waals surface area contributed by atoms with E-state index >= 15 is 0 Å². The molecule has 156 valence electrons. The van der Waals surface area contributed by atoms with Crippen LogP contribution < -0.4 is 16.4 Å². The van der Waals surface area contributed by atoms with Gasteiger partial charge in [0, 0.05) is 48.1 Å². The van der Waals surface area contributed by atoms with Crippen LogP contribution in [0.15, 0.2) is 33.8 Å². The second-order valence-electron chi connectivity index (χ2n) is 9.15. The first-order valence-corrected chi connectivity index (χ1v) is 10.3. The highest BCUT2D eigenvalue weighted by atomic mass is 16.5. The molecule has 2 aromatic rings. The summed E-state index contributed by atoms with van der Waals surface area (Å²) in [4.78, 5) is 4.62. The second-order valence-corrected chi connectivity index (χ2v) is 9.15. The highest BCUT2D eigenvalue weighted by molar-refractivity contribution is 6.11. The number of aryl methyl sites for hydroxylation is 1. The zero-order chi connectivity index (χ0) is 20.6. The lowest BCUT2D eigenvalue weighted by molar-refractivity contribution is 0.296. The Morgan fingerprint density at radius 3 is 2.66 bits per heavy atom. The minimum absolute atomic E-state index is 0.153. The van der Waals surface area contributed by atoms with Crippen molar-refractivity contribution in [3.05, 3.63) is 41.3 Å². The largest absolute Gasteiger partial charge is 0.369 e. The standard InChI is InChI=1S/C21H31N7O/c1-20(2,3)18-10-17(27-29-18)21(22)23-12-16(14-11-24-28(4)13-14)19(26-21)25-15-8-6-5-7-9-15/h10-13,15,25-26H,5-9,22H2,1-4H3. The lowest BCUT2D eigenvalue weighted by Crippen LogP contribution is -2.54. The van der Waals surface area contributed by atoms with E-state index in [4.69, 9.17) is 10.3 Å². The predicted molar refractivity (Wildman–Crippen MR) is 113 cm³/mol. The van der Waals surface area contributed by atoms with Gasteiger partial charge in [-0.25, -0.2) is 4.99 Å². The van der Waals surface area contributed by atoms with Crippen molar-refractivity contribution < 1.29 is 4.52 Å². The summed E-state index contributed by atoms with van der Waals surface area (Å²) >= 11 is 0. The molecular formula is C21H31N7O. The van der Waals surface area contributed by atoms with E-state index in [-0.39, 0.29) is 5.41 Å². The quantitative estimate of drug-likeness (QED) is 0.732. The topological polar surface area (TPSA) is 106 Å². The minimum atomic E-state index is -1.18. The molecule has 4 N–H and O–H groups in total. The van der Waals surface area contributed by atoms with Gasteiger partial charge in [0.25, 0.3) is 0 Å². The summed E-state index contributed by atoms with van der Waals surface area (Å²) < 4.78 is 7.34. The van der Waals surface area contributed by atoms with Gasteiger partial charge in [-0.05, 0) is 12.8 Å². The van der Waals surface area contributed by atoms with Crippen LogP contribution in [0, 0.1) is 0 Å². The van der Waals surface area contributed by atoms with Gasteiger partial charge in [0.05, 0.1) is 6.20 Å². The Morgan fingerprint density at radius 2 is 2.03 bits per heavy atom. The van der Waals surface area contributed by atoms with Crippen molar-refractivity contribution in [2.24, 2.45) is 17.8 Å². The Balaban J connectivity index is 1.66. The molecule has 1 atom stereocenters. The lowest BCUT2D eigenvalue weighted by atomic mass is 9.93. The molecule has 1 aliphatic heterocycles. The van der Waals surface area contributed by atoms with Gasteiger partial charge in [-0.2, -0.15) is 5.10 Å². The van der Waals surface area contributed by atoms with Crippen LogP contribution in [0.1, 0.15) is 69.9 Å². The summed E-state index contributed by atoms with van der Waals surface area (Å²) in [6.45, 7) is 6.23. The molecule has 0 saturated heterocycles. The van der Waals surface area contributed by atoms with Gasteiger partial charge in [-0.3, -0.25) is 10.4 Å². The Morgan fingerprint density at radius 1 is 1.28 bits per heavy atom. The molecule has 1 fully saturated rings. The van der Waals surface area contributed by atoms with E-state index in [1.165, 1.54) is 19.3 Å². The summed E-state index contributed by atoms with van der Waals surface area (Å²) in [5.41, 5.74) is 8.99. The first kappa shape index (κ1) is 19.7. The smallest absolute Gasteiger partial charge is 0.231 e. The van der Waals surface area contributed by atoms with Crippen molar-refractivity contribution in [2.45, 2.75) is 70.1 Å². The van der Waals surface area contributed by atoms with E-state index in [0.29, 0.717) is 11.7 Å². The minimum Gasteiger partial charge on any atom is -0.369 e. The Kier molecular flexibility index (Phi) is 4.98. The summed E-state index contributed by atoms with van der Waals surface area (Å²) in [7, 11) is 1.91. The molecule has 2 aromatic heterocycles. The fourth-order valence-corrected chi connectivity index (χ4v) is 3.80. The molecule has 0 bridgehead atoms. The van der Waals surface area contributed by atoms with Crippen LogP contribution >= 0.6 is 0 Å².